The number of nitrogens with one attached hydrogen (secondary N) is 4. The lowest BCUT2D eigenvalue weighted by atomic mass is 10.1. The number of carbonyl (C=O) groups is 2. The van der Waals surface area contributed by atoms with Crippen LogP contribution in [0.4, 0.5) is 11.4 Å². The Morgan fingerprint density at radius 2 is 1.88 bits per heavy atom. The van der Waals surface area contributed by atoms with Crippen molar-refractivity contribution in [3.63, 3.8) is 0 Å². The molecule has 1 aromatic heterocycles. The van der Waals surface area contributed by atoms with E-state index in [9.17, 15) is 9.59 Å². The van der Waals surface area contributed by atoms with Crippen molar-refractivity contribution in [3.05, 3.63) is 88.7 Å². The molecule has 32 heavy (non-hydrogen) atoms. The molecule has 6 N–H and O–H groups in total. The number of nitrogens with zero attached hydrogens (tertiary/aromatic N) is 1. The largest absolute Gasteiger partial charge is 0.384 e. The number of carbonyl (C=O) groups excluding carboxylic acids is 2. The van der Waals surface area contributed by atoms with Crippen LogP contribution in [0.2, 0.25) is 5.02 Å². The van der Waals surface area contributed by atoms with Gasteiger partial charge in [-0.3, -0.25) is 20.0 Å². The summed E-state index contributed by atoms with van der Waals surface area (Å²) in [7, 11) is 0. The minimum absolute atomic E-state index is 0. The Bertz CT molecular complexity index is 1110. The zero-order chi connectivity index (χ0) is 22.2. The number of benzene rings is 2. The SMILES string of the molecule is Cl.N=C(N)c1ccc(CNC(=O)c2cccc(Cl)c2)c(NCC(=O)Nc2cccnc2)c1. The lowest BCUT2D eigenvalue weighted by molar-refractivity contribution is -0.114. The fraction of sp³-hybridized carbons (Fsp3) is 0.0909. The van der Waals surface area contributed by atoms with Gasteiger partial charge in [-0.15, -0.1) is 12.4 Å². The van der Waals surface area contributed by atoms with Gasteiger partial charge in [0.15, 0.2) is 0 Å². The zero-order valence-electron chi connectivity index (χ0n) is 16.9. The molecule has 0 bridgehead atoms. The van der Waals surface area contributed by atoms with Crippen LogP contribution >= 0.6 is 24.0 Å². The van der Waals surface area contributed by atoms with E-state index in [0.717, 1.165) is 5.56 Å². The highest BCUT2D eigenvalue weighted by molar-refractivity contribution is 6.30. The third-order valence-corrected chi connectivity index (χ3v) is 4.57. The second kappa shape index (κ2) is 11.7. The Labute approximate surface area is 196 Å². The number of anilines is 2. The van der Waals surface area contributed by atoms with Crippen LogP contribution in [0.15, 0.2) is 67.0 Å². The molecule has 2 amide bonds. The summed E-state index contributed by atoms with van der Waals surface area (Å²) in [5.74, 6) is -0.647. The second-order valence-corrected chi connectivity index (χ2v) is 7.06. The molecule has 0 radical (unpaired) electrons. The summed E-state index contributed by atoms with van der Waals surface area (Å²) >= 11 is 5.94. The molecule has 0 atom stereocenters. The molecule has 0 spiro atoms. The van der Waals surface area contributed by atoms with Crippen LogP contribution < -0.4 is 21.7 Å². The Morgan fingerprint density at radius 3 is 2.56 bits per heavy atom. The summed E-state index contributed by atoms with van der Waals surface area (Å²) in [4.78, 5) is 28.6. The van der Waals surface area contributed by atoms with Crippen molar-refractivity contribution in [3.8, 4) is 0 Å². The topological polar surface area (TPSA) is 133 Å². The van der Waals surface area contributed by atoms with Gasteiger partial charge in [0, 0.05) is 34.6 Å². The summed E-state index contributed by atoms with van der Waals surface area (Å²) < 4.78 is 0. The molecule has 0 saturated carbocycles. The van der Waals surface area contributed by atoms with Gasteiger partial charge in [0.05, 0.1) is 18.4 Å². The van der Waals surface area contributed by atoms with Gasteiger partial charge < -0.3 is 21.7 Å². The number of nitrogens with two attached hydrogens (primary N) is 1. The number of pyridine rings is 1. The van der Waals surface area contributed by atoms with Crippen molar-refractivity contribution >= 4 is 53.0 Å². The Kier molecular flexibility index (Phi) is 9.00. The first-order chi connectivity index (χ1) is 14.9. The first kappa shape index (κ1) is 24.6. The van der Waals surface area contributed by atoms with Gasteiger partial charge in [0.1, 0.15) is 5.84 Å². The molecule has 0 aliphatic carbocycles. The molecule has 10 heteroatoms. The monoisotopic (exact) mass is 472 g/mol. The smallest absolute Gasteiger partial charge is 0.251 e. The average Bonchev–Trinajstić information content (AvgIpc) is 2.77. The molecule has 8 nitrogen and oxygen atoms in total. The number of hydrogen-bond donors (Lipinski definition) is 5. The van der Waals surface area contributed by atoms with E-state index in [2.05, 4.69) is 20.9 Å². The fourth-order valence-electron chi connectivity index (χ4n) is 2.79. The minimum Gasteiger partial charge on any atom is -0.384 e. The molecule has 3 rings (SSSR count). The average molecular weight is 473 g/mol. The van der Waals surface area contributed by atoms with E-state index in [-0.39, 0.29) is 43.1 Å². The maximum absolute atomic E-state index is 12.4. The first-order valence-corrected chi connectivity index (χ1v) is 9.75. The van der Waals surface area contributed by atoms with Crippen molar-refractivity contribution in [2.45, 2.75) is 6.54 Å². The van der Waals surface area contributed by atoms with Crippen LogP contribution in [0, 0.1) is 5.41 Å². The molecule has 0 fully saturated rings. The fourth-order valence-corrected chi connectivity index (χ4v) is 2.98. The predicted molar refractivity (Wildman–Crippen MR) is 129 cm³/mol. The van der Waals surface area contributed by atoms with Crippen molar-refractivity contribution in [2.75, 3.05) is 17.2 Å². The quantitative estimate of drug-likeness (QED) is 0.253. The molecule has 2 aromatic carbocycles. The maximum Gasteiger partial charge on any atom is 0.251 e. The number of hydrogen-bond acceptors (Lipinski definition) is 5. The Balaban J connectivity index is 0.00000363. The number of nitrogen functional groups attached to an aromatic ring is 1. The molecule has 0 saturated heterocycles. The van der Waals surface area contributed by atoms with E-state index >= 15 is 0 Å². The van der Waals surface area contributed by atoms with E-state index in [0.29, 0.717) is 27.5 Å². The number of amides is 2. The van der Waals surface area contributed by atoms with Crippen molar-refractivity contribution in [2.24, 2.45) is 5.73 Å². The highest BCUT2D eigenvalue weighted by Gasteiger charge is 2.11. The molecule has 0 aliphatic rings. The van der Waals surface area contributed by atoms with Gasteiger partial charge in [-0.05, 0) is 42.0 Å². The van der Waals surface area contributed by atoms with Crippen molar-refractivity contribution in [1.82, 2.24) is 10.3 Å². The highest BCUT2D eigenvalue weighted by Crippen LogP contribution is 2.18. The van der Waals surface area contributed by atoms with Gasteiger partial charge in [-0.25, -0.2) is 0 Å². The van der Waals surface area contributed by atoms with E-state index in [1.54, 1.807) is 67.0 Å². The number of aromatic nitrogens is 1. The van der Waals surface area contributed by atoms with E-state index in [1.165, 1.54) is 0 Å². The van der Waals surface area contributed by atoms with Crippen molar-refractivity contribution < 1.29 is 9.59 Å². The lowest BCUT2D eigenvalue weighted by Gasteiger charge is -2.15. The second-order valence-electron chi connectivity index (χ2n) is 6.62. The Hall–Kier alpha value is -3.62. The van der Waals surface area contributed by atoms with Crippen LogP contribution in [0.5, 0.6) is 0 Å². The first-order valence-electron chi connectivity index (χ1n) is 9.37. The van der Waals surface area contributed by atoms with Crippen LogP contribution in [-0.4, -0.2) is 29.2 Å². The zero-order valence-corrected chi connectivity index (χ0v) is 18.5. The van der Waals surface area contributed by atoms with Crippen LogP contribution in [0.1, 0.15) is 21.5 Å². The third-order valence-electron chi connectivity index (χ3n) is 4.33. The molecule has 0 aliphatic heterocycles. The lowest BCUT2D eigenvalue weighted by Crippen LogP contribution is -2.25. The van der Waals surface area contributed by atoms with E-state index in [4.69, 9.17) is 22.7 Å². The van der Waals surface area contributed by atoms with Crippen LogP contribution in [-0.2, 0) is 11.3 Å². The van der Waals surface area contributed by atoms with Gasteiger partial charge in [0.2, 0.25) is 5.91 Å². The Morgan fingerprint density at radius 1 is 1.06 bits per heavy atom. The molecular weight excluding hydrogens is 451 g/mol. The molecule has 0 unspecified atom stereocenters. The van der Waals surface area contributed by atoms with Crippen LogP contribution in [0.3, 0.4) is 0 Å². The van der Waals surface area contributed by atoms with Crippen LogP contribution in [0.25, 0.3) is 0 Å². The van der Waals surface area contributed by atoms with Gasteiger partial charge >= 0.3 is 0 Å². The molecule has 166 valence electrons. The number of amidine groups is 1. The summed E-state index contributed by atoms with van der Waals surface area (Å²) in [5.41, 5.74) is 8.43. The highest BCUT2D eigenvalue weighted by atomic mass is 35.5. The van der Waals surface area contributed by atoms with E-state index in [1.807, 2.05) is 0 Å². The summed E-state index contributed by atoms with van der Waals surface area (Å²) in [6.45, 7) is 0.182. The van der Waals surface area contributed by atoms with Gasteiger partial charge in [-0.1, -0.05) is 29.8 Å². The summed E-state index contributed by atoms with van der Waals surface area (Å²) in [6, 6.07) is 15.2. The summed E-state index contributed by atoms with van der Waals surface area (Å²) in [6.07, 6.45) is 3.16. The standard InChI is InChI=1S/C22H21ClN6O2.ClH/c23-17-4-1-3-15(9-17)22(31)28-11-16-7-6-14(21(24)25)10-19(16)27-13-20(30)29-18-5-2-8-26-12-18;/h1-10,12,27H,11,13H2,(H3,24,25)(H,28,31)(H,29,30);1H. The molecular formula is C22H22Cl2N6O2. The van der Waals surface area contributed by atoms with Gasteiger partial charge in [-0.2, -0.15) is 0 Å². The molecule has 1 heterocycles. The van der Waals surface area contributed by atoms with Crippen molar-refractivity contribution in [1.29, 1.82) is 5.41 Å². The number of rotatable bonds is 8. The molecule has 3 aromatic rings. The third kappa shape index (κ3) is 6.97. The normalized spacial score (nSPS) is 9.91. The maximum atomic E-state index is 12.4. The predicted octanol–water partition coefficient (Wildman–Crippen LogP) is 3.42. The van der Waals surface area contributed by atoms with Gasteiger partial charge in [0.25, 0.3) is 5.91 Å². The summed E-state index contributed by atoms with van der Waals surface area (Å²) in [5, 5.41) is 16.7. The van der Waals surface area contributed by atoms with E-state index < -0.39 is 0 Å². The number of halogens is 2. The minimum atomic E-state index is -0.279.